The molecule has 0 heterocycles. The third-order valence-electron chi connectivity index (χ3n) is 3.34. The van der Waals surface area contributed by atoms with Gasteiger partial charge in [0.05, 0.1) is 4.83 Å². The summed E-state index contributed by atoms with van der Waals surface area (Å²) in [5.74, 6) is 0.244. The topological polar surface area (TPSA) is 54.4 Å². The summed E-state index contributed by atoms with van der Waals surface area (Å²) in [6.45, 7) is 2.22. The molecular weight excluding hydrogens is 272 g/mol. The zero-order chi connectivity index (χ0) is 12.1. The molecule has 1 atom stereocenters. The van der Waals surface area contributed by atoms with E-state index in [4.69, 9.17) is 5.11 Å². The van der Waals surface area contributed by atoms with E-state index in [2.05, 4.69) is 22.9 Å². The first-order chi connectivity index (χ1) is 7.50. The third kappa shape index (κ3) is 4.24. The highest BCUT2D eigenvalue weighted by molar-refractivity contribution is 9.10. The molecule has 1 N–H and O–H groups in total. The molecule has 16 heavy (non-hydrogen) atoms. The summed E-state index contributed by atoms with van der Waals surface area (Å²) in [5, 5.41) is 8.56. The van der Waals surface area contributed by atoms with Crippen molar-refractivity contribution in [3.8, 4) is 0 Å². The Balaban J connectivity index is 2.35. The lowest BCUT2D eigenvalue weighted by Crippen LogP contribution is -2.27. The van der Waals surface area contributed by atoms with E-state index in [0.29, 0.717) is 6.42 Å². The Morgan fingerprint density at radius 2 is 1.88 bits per heavy atom. The van der Waals surface area contributed by atoms with Crippen LogP contribution in [0.3, 0.4) is 0 Å². The maximum atomic E-state index is 12.0. The van der Waals surface area contributed by atoms with Gasteiger partial charge in [0.1, 0.15) is 5.78 Å². The van der Waals surface area contributed by atoms with Crippen molar-refractivity contribution in [3.05, 3.63) is 0 Å². The maximum Gasteiger partial charge on any atom is 0.303 e. The zero-order valence-electron chi connectivity index (χ0n) is 9.62. The van der Waals surface area contributed by atoms with E-state index >= 15 is 0 Å². The Morgan fingerprint density at radius 3 is 2.38 bits per heavy atom. The quantitative estimate of drug-likeness (QED) is 0.792. The number of hydrogen-bond acceptors (Lipinski definition) is 2. The van der Waals surface area contributed by atoms with Crippen LogP contribution in [-0.2, 0) is 9.59 Å². The van der Waals surface area contributed by atoms with Crippen molar-refractivity contribution < 1.29 is 14.7 Å². The van der Waals surface area contributed by atoms with Gasteiger partial charge in [-0.25, -0.2) is 0 Å². The van der Waals surface area contributed by atoms with Gasteiger partial charge in [-0.15, -0.1) is 0 Å². The van der Waals surface area contributed by atoms with Crippen LogP contribution in [0, 0.1) is 11.8 Å². The molecule has 1 saturated carbocycles. The summed E-state index contributed by atoms with van der Waals surface area (Å²) in [4.78, 5) is 22.1. The predicted octanol–water partition coefficient (Wildman–Crippen LogP) is 3.01. The van der Waals surface area contributed by atoms with Gasteiger partial charge < -0.3 is 5.11 Å². The molecule has 1 unspecified atom stereocenters. The number of carbonyl (C=O) groups excluding carboxylic acids is 1. The Labute approximate surface area is 105 Å². The van der Waals surface area contributed by atoms with Crippen LogP contribution in [-0.4, -0.2) is 21.7 Å². The lowest BCUT2D eigenvalue weighted by molar-refractivity contribution is -0.137. The van der Waals surface area contributed by atoms with Crippen LogP contribution in [0.5, 0.6) is 0 Å². The predicted molar refractivity (Wildman–Crippen MR) is 65.7 cm³/mol. The number of halogens is 1. The van der Waals surface area contributed by atoms with Crippen molar-refractivity contribution in [2.75, 3.05) is 0 Å². The Morgan fingerprint density at radius 1 is 1.31 bits per heavy atom. The normalized spacial score (nSPS) is 27.4. The van der Waals surface area contributed by atoms with Gasteiger partial charge in [0.2, 0.25) is 0 Å². The van der Waals surface area contributed by atoms with Crippen molar-refractivity contribution in [3.63, 3.8) is 0 Å². The number of carbonyl (C=O) groups is 2. The van der Waals surface area contributed by atoms with Gasteiger partial charge in [-0.05, 0) is 25.2 Å². The molecule has 1 aliphatic rings. The van der Waals surface area contributed by atoms with Crippen LogP contribution in [0.4, 0.5) is 0 Å². The van der Waals surface area contributed by atoms with Gasteiger partial charge in [-0.1, -0.05) is 35.7 Å². The van der Waals surface area contributed by atoms with Crippen molar-refractivity contribution in [2.45, 2.75) is 50.3 Å². The standard InChI is InChI=1S/C12H19BrO3/c1-8-2-4-9(5-3-8)12(16)10(13)6-7-11(14)15/h8-10H,2-7H2,1H3,(H,14,15)/t8-,9-,10?. The number of rotatable bonds is 5. The van der Waals surface area contributed by atoms with Crippen LogP contribution in [0.15, 0.2) is 0 Å². The van der Waals surface area contributed by atoms with Crippen LogP contribution >= 0.6 is 15.9 Å². The second-order valence-corrected chi connectivity index (χ2v) is 5.86. The molecule has 1 aliphatic carbocycles. The number of carboxylic acid groups (broad SMARTS) is 1. The number of alkyl halides is 1. The van der Waals surface area contributed by atoms with Gasteiger partial charge in [0.25, 0.3) is 0 Å². The molecule has 3 nitrogen and oxygen atoms in total. The summed E-state index contributed by atoms with van der Waals surface area (Å²) in [6.07, 6.45) is 4.64. The van der Waals surface area contributed by atoms with Gasteiger partial charge >= 0.3 is 5.97 Å². The summed E-state index contributed by atoms with van der Waals surface area (Å²) in [6, 6.07) is 0. The second-order valence-electron chi connectivity index (χ2n) is 4.76. The fourth-order valence-electron chi connectivity index (χ4n) is 2.19. The molecule has 0 aliphatic heterocycles. The van der Waals surface area contributed by atoms with Crippen LogP contribution < -0.4 is 0 Å². The smallest absolute Gasteiger partial charge is 0.303 e. The van der Waals surface area contributed by atoms with Gasteiger partial charge in [-0.2, -0.15) is 0 Å². The largest absolute Gasteiger partial charge is 0.481 e. The summed E-state index contributed by atoms with van der Waals surface area (Å²) in [7, 11) is 0. The highest BCUT2D eigenvalue weighted by Crippen LogP contribution is 2.31. The number of aliphatic carboxylic acids is 1. The van der Waals surface area contributed by atoms with E-state index in [0.717, 1.165) is 31.6 Å². The number of carboxylic acids is 1. The molecule has 1 fully saturated rings. The fraction of sp³-hybridized carbons (Fsp3) is 0.833. The molecular formula is C12H19BrO3. The Hall–Kier alpha value is -0.380. The lowest BCUT2D eigenvalue weighted by atomic mass is 9.80. The van der Waals surface area contributed by atoms with Crippen LogP contribution in [0.2, 0.25) is 0 Å². The molecule has 0 radical (unpaired) electrons. The third-order valence-corrected chi connectivity index (χ3v) is 4.25. The lowest BCUT2D eigenvalue weighted by Gasteiger charge is -2.26. The Bertz CT molecular complexity index is 257. The van der Waals surface area contributed by atoms with Crippen LogP contribution in [0.1, 0.15) is 45.4 Å². The van der Waals surface area contributed by atoms with E-state index in [1.807, 2.05) is 0 Å². The maximum absolute atomic E-state index is 12.0. The molecule has 0 aromatic carbocycles. The van der Waals surface area contributed by atoms with E-state index in [1.54, 1.807) is 0 Å². The number of hydrogen-bond donors (Lipinski definition) is 1. The van der Waals surface area contributed by atoms with Crippen LogP contribution in [0.25, 0.3) is 0 Å². The van der Waals surface area contributed by atoms with Crippen molar-refractivity contribution in [2.24, 2.45) is 11.8 Å². The first kappa shape index (κ1) is 13.7. The van der Waals surface area contributed by atoms with E-state index in [-0.39, 0.29) is 22.9 Å². The minimum Gasteiger partial charge on any atom is -0.481 e. The first-order valence-corrected chi connectivity index (χ1v) is 6.82. The van der Waals surface area contributed by atoms with Gasteiger partial charge in [-0.3, -0.25) is 9.59 Å². The van der Waals surface area contributed by atoms with Crippen molar-refractivity contribution >= 4 is 27.7 Å². The van der Waals surface area contributed by atoms with E-state index < -0.39 is 5.97 Å². The minimum absolute atomic E-state index is 0.0603. The summed E-state index contributed by atoms with van der Waals surface area (Å²) in [5.41, 5.74) is 0. The molecule has 92 valence electrons. The first-order valence-electron chi connectivity index (χ1n) is 5.90. The molecule has 0 saturated heterocycles. The number of Topliss-reactive ketones (excluding diaryl/α,β-unsaturated/α-hetero) is 1. The molecule has 1 rings (SSSR count). The average Bonchev–Trinajstić information content (AvgIpc) is 2.26. The zero-order valence-corrected chi connectivity index (χ0v) is 11.2. The minimum atomic E-state index is -0.838. The molecule has 4 heteroatoms. The number of ketones is 1. The molecule has 0 aromatic heterocycles. The average molecular weight is 291 g/mol. The molecule has 0 bridgehead atoms. The monoisotopic (exact) mass is 290 g/mol. The molecule has 0 aromatic rings. The summed E-state index contributed by atoms with van der Waals surface area (Å²) >= 11 is 3.31. The summed E-state index contributed by atoms with van der Waals surface area (Å²) < 4.78 is 0. The fourth-order valence-corrected chi connectivity index (χ4v) is 2.80. The molecule has 0 spiro atoms. The van der Waals surface area contributed by atoms with Crippen molar-refractivity contribution in [1.82, 2.24) is 0 Å². The SMILES string of the molecule is C[C@H]1CC[C@H](C(=O)C(Br)CCC(=O)O)CC1. The van der Waals surface area contributed by atoms with E-state index in [1.165, 1.54) is 0 Å². The van der Waals surface area contributed by atoms with Gasteiger partial charge in [0.15, 0.2) is 0 Å². The van der Waals surface area contributed by atoms with Crippen molar-refractivity contribution in [1.29, 1.82) is 0 Å². The Kier molecular flexibility index (Phi) is 5.46. The highest BCUT2D eigenvalue weighted by Gasteiger charge is 2.28. The molecule has 0 amide bonds. The van der Waals surface area contributed by atoms with Gasteiger partial charge in [0, 0.05) is 12.3 Å². The highest BCUT2D eigenvalue weighted by atomic mass is 79.9. The van der Waals surface area contributed by atoms with E-state index in [9.17, 15) is 9.59 Å². The second kappa shape index (κ2) is 6.38.